The molecule has 2 aromatic rings. The van der Waals surface area contributed by atoms with Crippen LogP contribution < -0.4 is 16.2 Å². The zero-order valence-corrected chi connectivity index (χ0v) is 10.4. The third kappa shape index (κ3) is 2.95. The van der Waals surface area contributed by atoms with Gasteiger partial charge in [-0.15, -0.1) is 0 Å². The Labute approximate surface area is 107 Å². The Morgan fingerprint density at radius 1 is 1.22 bits per heavy atom. The monoisotopic (exact) mass is 243 g/mol. The molecule has 0 fully saturated rings. The molecule has 5 heteroatoms. The summed E-state index contributed by atoms with van der Waals surface area (Å²) in [7, 11) is 0. The van der Waals surface area contributed by atoms with E-state index >= 15 is 0 Å². The lowest BCUT2D eigenvalue weighted by Crippen LogP contribution is -2.23. The summed E-state index contributed by atoms with van der Waals surface area (Å²) >= 11 is 0. The number of hydrogen-bond acceptors (Lipinski definition) is 5. The van der Waals surface area contributed by atoms with Crippen LogP contribution >= 0.6 is 0 Å². The van der Waals surface area contributed by atoms with Crippen LogP contribution in [0.1, 0.15) is 12.5 Å². The average Bonchev–Trinajstić information content (AvgIpc) is 2.46. The second-order valence-electron chi connectivity index (χ2n) is 3.91. The van der Waals surface area contributed by atoms with Crippen LogP contribution in [0.25, 0.3) is 0 Å². The number of nitrogens with zero attached hydrogens (tertiary/aromatic N) is 3. The Hall–Kier alpha value is -2.14. The zero-order valence-electron chi connectivity index (χ0n) is 10.4. The van der Waals surface area contributed by atoms with E-state index in [1.54, 1.807) is 0 Å². The first-order valence-electron chi connectivity index (χ1n) is 5.91. The quantitative estimate of drug-likeness (QED) is 0.619. The van der Waals surface area contributed by atoms with Crippen molar-refractivity contribution in [2.45, 2.75) is 13.5 Å². The summed E-state index contributed by atoms with van der Waals surface area (Å²) in [6.45, 7) is 3.79. The van der Waals surface area contributed by atoms with Gasteiger partial charge < -0.3 is 10.3 Å². The molecule has 0 amide bonds. The summed E-state index contributed by atoms with van der Waals surface area (Å²) in [4.78, 5) is 10.4. The number of aromatic nitrogens is 2. The molecule has 0 unspecified atom stereocenters. The van der Waals surface area contributed by atoms with Crippen molar-refractivity contribution in [1.29, 1.82) is 0 Å². The molecule has 5 nitrogen and oxygen atoms in total. The van der Waals surface area contributed by atoms with Gasteiger partial charge in [0.25, 0.3) is 0 Å². The number of nitrogens with one attached hydrogen (secondary N) is 1. The average molecular weight is 243 g/mol. The summed E-state index contributed by atoms with van der Waals surface area (Å²) in [5.74, 6) is 6.84. The number of rotatable bonds is 5. The van der Waals surface area contributed by atoms with E-state index in [0.717, 1.165) is 18.9 Å². The summed E-state index contributed by atoms with van der Waals surface area (Å²) in [5, 5.41) is 0. The maximum absolute atomic E-state index is 5.35. The topological polar surface area (TPSA) is 67.1 Å². The van der Waals surface area contributed by atoms with E-state index < -0.39 is 0 Å². The van der Waals surface area contributed by atoms with E-state index in [2.05, 4.69) is 39.4 Å². The fourth-order valence-electron chi connectivity index (χ4n) is 1.76. The van der Waals surface area contributed by atoms with Gasteiger partial charge in [-0.3, -0.25) is 0 Å². The van der Waals surface area contributed by atoms with Crippen LogP contribution in [0, 0.1) is 0 Å². The molecule has 0 bridgehead atoms. The van der Waals surface area contributed by atoms with Gasteiger partial charge in [-0.2, -0.15) is 0 Å². The molecule has 1 aromatic heterocycles. The maximum Gasteiger partial charge on any atom is 0.145 e. The number of hydrogen-bond donors (Lipinski definition) is 2. The minimum atomic E-state index is 0.617. The number of anilines is 2. The highest BCUT2D eigenvalue weighted by Gasteiger charge is 2.07. The largest absolute Gasteiger partial charge is 0.352 e. The first kappa shape index (κ1) is 12.3. The van der Waals surface area contributed by atoms with E-state index in [9.17, 15) is 0 Å². The molecule has 18 heavy (non-hydrogen) atoms. The highest BCUT2D eigenvalue weighted by atomic mass is 15.3. The van der Waals surface area contributed by atoms with Crippen molar-refractivity contribution in [3.8, 4) is 0 Å². The predicted octanol–water partition coefficient (Wildman–Crippen LogP) is 1.79. The third-order valence-electron chi connectivity index (χ3n) is 2.72. The molecule has 1 heterocycles. The van der Waals surface area contributed by atoms with Crippen LogP contribution in [0.15, 0.2) is 42.7 Å². The Morgan fingerprint density at radius 2 is 2.00 bits per heavy atom. The van der Waals surface area contributed by atoms with Crippen LogP contribution in [0.5, 0.6) is 0 Å². The van der Waals surface area contributed by atoms with Crippen molar-refractivity contribution in [2.24, 2.45) is 5.84 Å². The predicted molar refractivity (Wildman–Crippen MR) is 73.0 cm³/mol. The zero-order chi connectivity index (χ0) is 12.8. The summed E-state index contributed by atoms with van der Waals surface area (Å²) < 4.78 is 0. The Morgan fingerprint density at radius 3 is 2.67 bits per heavy atom. The third-order valence-corrected chi connectivity index (χ3v) is 2.72. The second kappa shape index (κ2) is 5.97. The minimum absolute atomic E-state index is 0.617. The van der Waals surface area contributed by atoms with Gasteiger partial charge in [0.2, 0.25) is 0 Å². The van der Waals surface area contributed by atoms with Gasteiger partial charge in [-0.25, -0.2) is 15.8 Å². The standard InChI is InChI=1S/C13H17N5/c1-2-18(9-11-6-4-3-5-7-11)13-8-12(17-14)15-10-16-13/h3-8,10H,2,9,14H2,1H3,(H,15,16,17). The Balaban J connectivity index is 2.17. The van der Waals surface area contributed by atoms with Crippen molar-refractivity contribution < 1.29 is 0 Å². The van der Waals surface area contributed by atoms with Crippen LogP contribution in [-0.2, 0) is 6.54 Å². The molecular formula is C13H17N5. The molecule has 0 radical (unpaired) electrons. The second-order valence-corrected chi connectivity index (χ2v) is 3.91. The normalized spacial score (nSPS) is 10.1. The van der Waals surface area contributed by atoms with E-state index in [1.807, 2.05) is 24.3 Å². The molecule has 0 saturated heterocycles. The Kier molecular flexibility index (Phi) is 4.09. The molecule has 3 N–H and O–H groups in total. The van der Waals surface area contributed by atoms with Crippen LogP contribution in [0.3, 0.4) is 0 Å². The van der Waals surface area contributed by atoms with E-state index in [4.69, 9.17) is 5.84 Å². The van der Waals surface area contributed by atoms with Gasteiger partial charge in [-0.05, 0) is 12.5 Å². The first-order chi connectivity index (χ1) is 8.83. The SMILES string of the molecule is CCN(Cc1ccccc1)c1cc(NN)ncn1. The van der Waals surface area contributed by atoms with Crippen molar-refractivity contribution in [3.05, 3.63) is 48.3 Å². The number of nitrogens with two attached hydrogens (primary N) is 1. The highest BCUT2D eigenvalue weighted by Crippen LogP contribution is 2.16. The molecule has 0 atom stereocenters. The van der Waals surface area contributed by atoms with Gasteiger partial charge >= 0.3 is 0 Å². The molecule has 0 aliphatic rings. The molecule has 0 saturated carbocycles. The number of hydrazine groups is 1. The molecule has 1 aromatic carbocycles. The molecule has 0 aliphatic carbocycles. The fourth-order valence-corrected chi connectivity index (χ4v) is 1.76. The van der Waals surface area contributed by atoms with Crippen LogP contribution in [0.4, 0.5) is 11.6 Å². The lowest BCUT2D eigenvalue weighted by Gasteiger charge is -2.22. The van der Waals surface area contributed by atoms with Crippen LogP contribution in [0.2, 0.25) is 0 Å². The molecule has 94 valence electrons. The summed E-state index contributed by atoms with van der Waals surface area (Å²) in [6, 6.07) is 12.1. The van der Waals surface area contributed by atoms with Gasteiger partial charge in [-0.1, -0.05) is 30.3 Å². The van der Waals surface area contributed by atoms with Gasteiger partial charge in [0.05, 0.1) is 0 Å². The van der Waals surface area contributed by atoms with Crippen molar-refractivity contribution in [1.82, 2.24) is 9.97 Å². The maximum atomic E-state index is 5.35. The van der Waals surface area contributed by atoms with E-state index in [1.165, 1.54) is 11.9 Å². The lowest BCUT2D eigenvalue weighted by atomic mass is 10.2. The van der Waals surface area contributed by atoms with Crippen molar-refractivity contribution >= 4 is 11.6 Å². The highest BCUT2D eigenvalue weighted by molar-refractivity contribution is 5.48. The summed E-state index contributed by atoms with van der Waals surface area (Å²) in [6.07, 6.45) is 1.51. The van der Waals surface area contributed by atoms with Gasteiger partial charge in [0.1, 0.15) is 18.0 Å². The number of benzene rings is 1. The lowest BCUT2D eigenvalue weighted by molar-refractivity contribution is 0.810. The Bertz CT molecular complexity index is 486. The fraction of sp³-hybridized carbons (Fsp3) is 0.231. The minimum Gasteiger partial charge on any atom is -0.352 e. The van der Waals surface area contributed by atoms with Crippen LogP contribution in [-0.4, -0.2) is 16.5 Å². The number of nitrogen functional groups attached to an aromatic ring is 1. The molecular weight excluding hydrogens is 226 g/mol. The molecule has 0 aliphatic heterocycles. The van der Waals surface area contributed by atoms with Crippen molar-refractivity contribution in [3.63, 3.8) is 0 Å². The van der Waals surface area contributed by atoms with Gasteiger partial charge in [0.15, 0.2) is 0 Å². The first-order valence-corrected chi connectivity index (χ1v) is 5.91. The van der Waals surface area contributed by atoms with Gasteiger partial charge in [0, 0.05) is 19.2 Å². The smallest absolute Gasteiger partial charge is 0.145 e. The molecule has 2 rings (SSSR count). The van der Waals surface area contributed by atoms with E-state index in [-0.39, 0.29) is 0 Å². The molecule has 0 spiro atoms. The summed E-state index contributed by atoms with van der Waals surface area (Å²) in [5.41, 5.74) is 3.78. The van der Waals surface area contributed by atoms with E-state index in [0.29, 0.717) is 5.82 Å². The van der Waals surface area contributed by atoms with Crippen molar-refractivity contribution in [2.75, 3.05) is 16.9 Å².